The Morgan fingerprint density at radius 1 is 1.25 bits per heavy atom. The molecule has 4 heteroatoms. The first-order valence-electron chi connectivity index (χ1n) is 7.00. The van der Waals surface area contributed by atoms with Crippen LogP contribution in [0.4, 0.5) is 0 Å². The molecular formula is C16H22N2O2. The molecule has 108 valence electrons. The lowest BCUT2D eigenvalue weighted by Crippen LogP contribution is -2.23. The van der Waals surface area contributed by atoms with E-state index in [0.717, 1.165) is 25.1 Å². The molecule has 0 aliphatic carbocycles. The van der Waals surface area contributed by atoms with Crippen molar-refractivity contribution >= 4 is 10.8 Å². The molecule has 1 N–H and O–H groups in total. The molecule has 0 fully saturated rings. The third-order valence-electron chi connectivity index (χ3n) is 3.35. The van der Waals surface area contributed by atoms with Crippen LogP contribution in [0, 0.1) is 0 Å². The van der Waals surface area contributed by atoms with Crippen molar-refractivity contribution in [1.82, 2.24) is 10.3 Å². The van der Waals surface area contributed by atoms with Crippen molar-refractivity contribution in [2.24, 2.45) is 0 Å². The van der Waals surface area contributed by atoms with Crippen molar-refractivity contribution in [1.29, 1.82) is 0 Å². The average molecular weight is 274 g/mol. The maximum Gasteiger partial charge on any atom is 0.221 e. The summed E-state index contributed by atoms with van der Waals surface area (Å²) in [5, 5.41) is 5.68. The van der Waals surface area contributed by atoms with Gasteiger partial charge in [0.1, 0.15) is 0 Å². The highest BCUT2D eigenvalue weighted by Crippen LogP contribution is 2.29. The van der Waals surface area contributed by atoms with E-state index in [1.807, 2.05) is 31.3 Å². The van der Waals surface area contributed by atoms with Crippen molar-refractivity contribution in [3.05, 3.63) is 36.0 Å². The number of benzene rings is 1. The quantitative estimate of drug-likeness (QED) is 0.788. The summed E-state index contributed by atoms with van der Waals surface area (Å²) in [4.78, 5) is 4.40. The van der Waals surface area contributed by atoms with E-state index in [9.17, 15) is 0 Å². The fourth-order valence-electron chi connectivity index (χ4n) is 2.30. The van der Waals surface area contributed by atoms with Gasteiger partial charge in [0.05, 0.1) is 13.7 Å². The topological polar surface area (TPSA) is 43.4 Å². The molecular weight excluding hydrogens is 252 g/mol. The summed E-state index contributed by atoms with van der Waals surface area (Å²) in [6.07, 6.45) is 1.89. The smallest absolute Gasteiger partial charge is 0.221 e. The highest BCUT2D eigenvalue weighted by molar-refractivity contribution is 5.89. The number of ether oxygens (including phenoxy) is 2. The molecule has 2 aromatic rings. The van der Waals surface area contributed by atoms with Crippen LogP contribution in [0.5, 0.6) is 5.88 Å². The molecule has 0 radical (unpaired) electrons. The number of nitrogens with one attached hydrogen (secondary N) is 1. The molecule has 1 aromatic carbocycles. The monoisotopic (exact) mass is 274 g/mol. The summed E-state index contributed by atoms with van der Waals surface area (Å²) < 4.78 is 10.7. The lowest BCUT2D eigenvalue weighted by Gasteiger charge is -2.17. The Balaban J connectivity index is 2.21. The molecule has 2 rings (SSSR count). The van der Waals surface area contributed by atoms with Crippen molar-refractivity contribution in [2.45, 2.75) is 19.9 Å². The summed E-state index contributed by atoms with van der Waals surface area (Å²) >= 11 is 0. The van der Waals surface area contributed by atoms with Gasteiger partial charge in [0, 0.05) is 30.8 Å². The van der Waals surface area contributed by atoms with E-state index in [-0.39, 0.29) is 6.04 Å². The van der Waals surface area contributed by atoms with E-state index >= 15 is 0 Å². The standard InChI is InChI=1S/C16H22N2O2/c1-4-20-10-9-17-12(2)15-11-18-16(19-3)14-8-6-5-7-13(14)15/h5-8,11-12,17H,4,9-10H2,1-3H3. The van der Waals surface area contributed by atoms with Gasteiger partial charge in [-0.05, 0) is 30.9 Å². The highest BCUT2D eigenvalue weighted by atomic mass is 16.5. The fourth-order valence-corrected chi connectivity index (χ4v) is 2.30. The number of pyridine rings is 1. The second-order valence-corrected chi connectivity index (χ2v) is 4.64. The number of nitrogens with zero attached hydrogens (tertiary/aromatic N) is 1. The van der Waals surface area contributed by atoms with Gasteiger partial charge in [-0.2, -0.15) is 0 Å². The number of rotatable bonds is 7. The van der Waals surface area contributed by atoms with Crippen LogP contribution in [0.15, 0.2) is 30.5 Å². The summed E-state index contributed by atoms with van der Waals surface area (Å²) in [5.74, 6) is 0.672. The molecule has 1 aromatic heterocycles. The number of hydrogen-bond donors (Lipinski definition) is 1. The molecule has 0 spiro atoms. The van der Waals surface area contributed by atoms with Crippen LogP contribution >= 0.6 is 0 Å². The van der Waals surface area contributed by atoms with E-state index in [1.165, 1.54) is 10.9 Å². The van der Waals surface area contributed by atoms with Gasteiger partial charge in [-0.25, -0.2) is 4.98 Å². The van der Waals surface area contributed by atoms with Crippen molar-refractivity contribution in [3.63, 3.8) is 0 Å². The zero-order valence-corrected chi connectivity index (χ0v) is 12.3. The van der Waals surface area contributed by atoms with Crippen LogP contribution in [0.25, 0.3) is 10.8 Å². The van der Waals surface area contributed by atoms with Gasteiger partial charge in [0.15, 0.2) is 0 Å². The molecule has 0 bridgehead atoms. The third-order valence-corrected chi connectivity index (χ3v) is 3.35. The van der Waals surface area contributed by atoms with Crippen LogP contribution in [-0.4, -0.2) is 31.9 Å². The molecule has 4 nitrogen and oxygen atoms in total. The largest absolute Gasteiger partial charge is 0.481 e. The number of fused-ring (bicyclic) bond motifs is 1. The van der Waals surface area contributed by atoms with Crippen LogP contribution in [0.2, 0.25) is 0 Å². The van der Waals surface area contributed by atoms with E-state index in [1.54, 1.807) is 7.11 Å². The minimum Gasteiger partial charge on any atom is -0.481 e. The zero-order chi connectivity index (χ0) is 14.4. The SMILES string of the molecule is CCOCCNC(C)c1cnc(OC)c2ccccc12. The van der Waals surface area contributed by atoms with E-state index in [4.69, 9.17) is 9.47 Å². The van der Waals surface area contributed by atoms with Gasteiger partial charge in [-0.15, -0.1) is 0 Å². The molecule has 0 saturated heterocycles. The van der Waals surface area contributed by atoms with Crippen LogP contribution in [0.3, 0.4) is 0 Å². The summed E-state index contributed by atoms with van der Waals surface area (Å²) in [7, 11) is 1.65. The maximum atomic E-state index is 5.35. The van der Waals surface area contributed by atoms with Crippen LogP contribution < -0.4 is 10.1 Å². The first-order valence-corrected chi connectivity index (χ1v) is 7.00. The normalized spacial score (nSPS) is 12.6. The molecule has 0 saturated carbocycles. The van der Waals surface area contributed by atoms with Crippen molar-refractivity contribution in [3.8, 4) is 5.88 Å². The van der Waals surface area contributed by atoms with E-state index in [2.05, 4.69) is 23.3 Å². The Hall–Kier alpha value is -1.65. The highest BCUT2D eigenvalue weighted by Gasteiger charge is 2.12. The Morgan fingerprint density at radius 3 is 2.70 bits per heavy atom. The molecule has 0 amide bonds. The Morgan fingerprint density at radius 2 is 2.00 bits per heavy atom. The molecule has 20 heavy (non-hydrogen) atoms. The lowest BCUT2D eigenvalue weighted by atomic mass is 10.0. The van der Waals surface area contributed by atoms with Gasteiger partial charge in [-0.1, -0.05) is 18.2 Å². The minimum absolute atomic E-state index is 0.221. The third kappa shape index (κ3) is 3.26. The average Bonchev–Trinajstić information content (AvgIpc) is 2.50. The van der Waals surface area contributed by atoms with Crippen molar-refractivity contribution in [2.75, 3.05) is 26.9 Å². The first-order chi connectivity index (χ1) is 9.77. The Kier molecular flexibility index (Phi) is 5.32. The van der Waals surface area contributed by atoms with Crippen LogP contribution in [-0.2, 0) is 4.74 Å². The van der Waals surface area contributed by atoms with Gasteiger partial charge in [0.25, 0.3) is 0 Å². The summed E-state index contributed by atoms with van der Waals surface area (Å²) in [6.45, 7) is 6.45. The lowest BCUT2D eigenvalue weighted by molar-refractivity contribution is 0.147. The predicted molar refractivity (Wildman–Crippen MR) is 81.2 cm³/mol. The van der Waals surface area contributed by atoms with Gasteiger partial charge < -0.3 is 14.8 Å². The summed E-state index contributed by atoms with van der Waals surface area (Å²) in [6, 6.07) is 8.41. The van der Waals surface area contributed by atoms with E-state index in [0.29, 0.717) is 5.88 Å². The number of methoxy groups -OCH3 is 1. The minimum atomic E-state index is 0.221. The van der Waals surface area contributed by atoms with Crippen molar-refractivity contribution < 1.29 is 9.47 Å². The molecule has 1 heterocycles. The Labute approximate surface area is 120 Å². The van der Waals surface area contributed by atoms with Crippen LogP contribution in [0.1, 0.15) is 25.5 Å². The molecule has 0 aliphatic heterocycles. The predicted octanol–water partition coefficient (Wildman–Crippen LogP) is 2.93. The number of hydrogen-bond acceptors (Lipinski definition) is 4. The fraction of sp³-hybridized carbons (Fsp3) is 0.438. The summed E-state index contributed by atoms with van der Waals surface area (Å²) in [5.41, 5.74) is 1.18. The second-order valence-electron chi connectivity index (χ2n) is 4.64. The molecule has 0 aliphatic rings. The van der Waals surface area contributed by atoms with Gasteiger partial charge in [0.2, 0.25) is 5.88 Å². The molecule has 1 unspecified atom stereocenters. The maximum absolute atomic E-state index is 5.35. The molecule has 1 atom stereocenters. The van der Waals surface area contributed by atoms with E-state index < -0.39 is 0 Å². The van der Waals surface area contributed by atoms with Gasteiger partial charge >= 0.3 is 0 Å². The van der Waals surface area contributed by atoms with Gasteiger partial charge in [-0.3, -0.25) is 0 Å². The Bertz CT molecular complexity index is 557. The first kappa shape index (κ1) is 14.8. The number of aromatic nitrogens is 1. The second kappa shape index (κ2) is 7.22. The zero-order valence-electron chi connectivity index (χ0n) is 12.3.